The molecule has 2 rings (SSSR count). The van der Waals surface area contributed by atoms with Crippen LogP contribution in [-0.4, -0.2) is 66.5 Å². The van der Waals surface area contributed by atoms with E-state index in [2.05, 4.69) is 11.2 Å². The normalized spacial score (nSPS) is 23.2. The molecule has 1 aliphatic carbocycles. The number of carbonyl (C=O) groups is 1. The van der Waals surface area contributed by atoms with E-state index in [0.29, 0.717) is 0 Å². The lowest BCUT2D eigenvalue weighted by molar-refractivity contribution is -0.134. The number of piperazine rings is 1. The lowest BCUT2D eigenvalue weighted by atomic mass is 9.89. The van der Waals surface area contributed by atoms with Gasteiger partial charge in [-0.15, -0.1) is 0 Å². The van der Waals surface area contributed by atoms with Crippen molar-refractivity contribution in [3.8, 4) is 0 Å². The van der Waals surface area contributed by atoms with Gasteiger partial charge in [0.15, 0.2) is 0 Å². The second kappa shape index (κ2) is 9.01. The van der Waals surface area contributed by atoms with E-state index < -0.39 is 0 Å². The van der Waals surface area contributed by atoms with Crippen LogP contribution in [0.25, 0.3) is 0 Å². The van der Waals surface area contributed by atoms with E-state index in [9.17, 15) is 4.79 Å². The van der Waals surface area contributed by atoms with Crippen molar-refractivity contribution in [3.63, 3.8) is 0 Å². The molecular formula is C16H31N3OS. The molecule has 2 aliphatic rings. The first-order valence-electron chi connectivity index (χ1n) is 8.46. The molecule has 0 bridgehead atoms. The van der Waals surface area contributed by atoms with Crippen LogP contribution in [0.1, 0.15) is 38.5 Å². The first-order chi connectivity index (χ1) is 10.2. The zero-order valence-corrected chi connectivity index (χ0v) is 14.2. The molecule has 0 aromatic carbocycles. The summed E-state index contributed by atoms with van der Waals surface area (Å²) in [5.41, 5.74) is 6.00. The number of amides is 1. The van der Waals surface area contributed by atoms with Crippen molar-refractivity contribution in [2.24, 2.45) is 11.7 Å². The van der Waals surface area contributed by atoms with Gasteiger partial charge in [-0.2, -0.15) is 11.8 Å². The summed E-state index contributed by atoms with van der Waals surface area (Å²) in [7, 11) is 0. The molecule has 1 amide bonds. The predicted octanol–water partition coefficient (Wildman–Crippen LogP) is 1.79. The van der Waals surface area contributed by atoms with E-state index in [1.807, 2.05) is 4.90 Å². The maximum Gasteiger partial charge on any atom is 0.239 e. The van der Waals surface area contributed by atoms with Crippen molar-refractivity contribution >= 4 is 17.7 Å². The highest BCUT2D eigenvalue weighted by Gasteiger charge is 2.26. The van der Waals surface area contributed by atoms with Crippen LogP contribution in [0.15, 0.2) is 0 Å². The van der Waals surface area contributed by atoms with E-state index >= 15 is 0 Å². The van der Waals surface area contributed by atoms with Crippen molar-refractivity contribution in [1.29, 1.82) is 0 Å². The molecule has 1 aliphatic heterocycles. The van der Waals surface area contributed by atoms with Crippen LogP contribution < -0.4 is 5.73 Å². The summed E-state index contributed by atoms with van der Waals surface area (Å²) in [6.07, 6.45) is 9.90. The molecule has 4 nitrogen and oxygen atoms in total. The van der Waals surface area contributed by atoms with Gasteiger partial charge in [0.2, 0.25) is 5.91 Å². The van der Waals surface area contributed by atoms with Gasteiger partial charge in [0.25, 0.3) is 0 Å². The van der Waals surface area contributed by atoms with E-state index in [-0.39, 0.29) is 11.9 Å². The molecule has 1 atom stereocenters. The fraction of sp³-hybridized carbons (Fsp3) is 0.938. The van der Waals surface area contributed by atoms with Gasteiger partial charge in [-0.05, 0) is 37.2 Å². The lowest BCUT2D eigenvalue weighted by Crippen LogP contribution is -2.53. The molecule has 0 spiro atoms. The van der Waals surface area contributed by atoms with E-state index in [1.165, 1.54) is 38.6 Å². The van der Waals surface area contributed by atoms with Gasteiger partial charge >= 0.3 is 0 Å². The van der Waals surface area contributed by atoms with Crippen molar-refractivity contribution in [2.45, 2.75) is 44.6 Å². The van der Waals surface area contributed by atoms with Gasteiger partial charge in [0, 0.05) is 32.7 Å². The molecule has 2 N–H and O–H groups in total. The monoisotopic (exact) mass is 313 g/mol. The molecule has 2 fully saturated rings. The summed E-state index contributed by atoms with van der Waals surface area (Å²) in [5, 5.41) is 0. The van der Waals surface area contributed by atoms with Crippen molar-refractivity contribution in [3.05, 3.63) is 0 Å². The Morgan fingerprint density at radius 1 is 1.19 bits per heavy atom. The highest BCUT2D eigenvalue weighted by Crippen LogP contribution is 2.24. The zero-order chi connectivity index (χ0) is 15.1. The quantitative estimate of drug-likeness (QED) is 0.812. The van der Waals surface area contributed by atoms with Gasteiger partial charge in [-0.25, -0.2) is 0 Å². The van der Waals surface area contributed by atoms with Crippen LogP contribution >= 0.6 is 11.8 Å². The maximum absolute atomic E-state index is 12.3. The molecule has 0 radical (unpaired) electrons. The Bertz CT molecular complexity index is 313. The summed E-state index contributed by atoms with van der Waals surface area (Å²) in [5.74, 6) is 2.01. The first kappa shape index (κ1) is 17.1. The van der Waals surface area contributed by atoms with Gasteiger partial charge < -0.3 is 10.6 Å². The fourth-order valence-corrected chi connectivity index (χ4v) is 3.98. The second-order valence-electron chi connectivity index (χ2n) is 6.52. The molecule has 0 aromatic heterocycles. The van der Waals surface area contributed by atoms with Gasteiger partial charge in [0.1, 0.15) is 0 Å². The average molecular weight is 314 g/mol. The standard InChI is InChI=1S/C16H31N3OS/c1-21-12-7-15(17)16(20)19-10-8-18(9-11-19)13-14-5-3-2-4-6-14/h14-15H,2-13,17H2,1H3/t15-/m0/s1. The molecule has 0 aromatic rings. The molecule has 1 saturated carbocycles. The fourth-order valence-electron chi connectivity index (χ4n) is 3.49. The maximum atomic E-state index is 12.3. The number of hydrogen-bond acceptors (Lipinski definition) is 4. The minimum atomic E-state index is -0.303. The minimum absolute atomic E-state index is 0.154. The van der Waals surface area contributed by atoms with Crippen LogP contribution in [-0.2, 0) is 4.79 Å². The Kier molecular flexibility index (Phi) is 7.34. The minimum Gasteiger partial charge on any atom is -0.339 e. The summed E-state index contributed by atoms with van der Waals surface area (Å²) >= 11 is 1.75. The Balaban J connectivity index is 1.68. The number of thioether (sulfide) groups is 1. The summed E-state index contributed by atoms with van der Waals surface area (Å²) in [4.78, 5) is 16.8. The second-order valence-corrected chi connectivity index (χ2v) is 7.50. The third kappa shape index (κ3) is 5.46. The van der Waals surface area contributed by atoms with E-state index in [4.69, 9.17) is 5.73 Å². The topological polar surface area (TPSA) is 49.6 Å². The Morgan fingerprint density at radius 2 is 1.86 bits per heavy atom. The number of nitrogens with two attached hydrogens (primary N) is 1. The molecule has 5 heteroatoms. The van der Waals surface area contributed by atoms with Crippen molar-refractivity contribution in [1.82, 2.24) is 9.80 Å². The summed E-state index contributed by atoms with van der Waals surface area (Å²) in [6.45, 7) is 5.01. The van der Waals surface area contributed by atoms with Gasteiger partial charge in [-0.1, -0.05) is 19.3 Å². The first-order valence-corrected chi connectivity index (χ1v) is 9.85. The lowest BCUT2D eigenvalue weighted by Gasteiger charge is -2.38. The Morgan fingerprint density at radius 3 is 2.48 bits per heavy atom. The molecule has 0 unspecified atom stereocenters. The van der Waals surface area contributed by atoms with Crippen LogP contribution in [0.4, 0.5) is 0 Å². The van der Waals surface area contributed by atoms with Gasteiger partial charge in [-0.3, -0.25) is 9.69 Å². The summed E-state index contributed by atoms with van der Waals surface area (Å²) < 4.78 is 0. The molecule has 122 valence electrons. The Labute approximate surface area is 133 Å². The van der Waals surface area contributed by atoms with Crippen LogP contribution in [0.2, 0.25) is 0 Å². The molecule has 21 heavy (non-hydrogen) atoms. The van der Waals surface area contributed by atoms with Crippen LogP contribution in [0, 0.1) is 5.92 Å². The third-order valence-electron chi connectivity index (χ3n) is 4.88. The van der Waals surface area contributed by atoms with Crippen molar-refractivity contribution in [2.75, 3.05) is 44.7 Å². The highest BCUT2D eigenvalue weighted by atomic mass is 32.2. The van der Waals surface area contributed by atoms with E-state index in [1.54, 1.807) is 11.8 Å². The van der Waals surface area contributed by atoms with E-state index in [0.717, 1.165) is 44.3 Å². The zero-order valence-electron chi connectivity index (χ0n) is 13.4. The molecule has 1 heterocycles. The smallest absolute Gasteiger partial charge is 0.239 e. The number of hydrogen-bond donors (Lipinski definition) is 1. The summed E-state index contributed by atoms with van der Waals surface area (Å²) in [6, 6.07) is -0.303. The number of carbonyl (C=O) groups excluding carboxylic acids is 1. The van der Waals surface area contributed by atoms with Gasteiger partial charge in [0.05, 0.1) is 6.04 Å². The number of rotatable bonds is 6. The van der Waals surface area contributed by atoms with Crippen LogP contribution in [0.5, 0.6) is 0 Å². The highest BCUT2D eigenvalue weighted by molar-refractivity contribution is 7.98. The van der Waals surface area contributed by atoms with Crippen LogP contribution in [0.3, 0.4) is 0 Å². The average Bonchev–Trinajstić information content (AvgIpc) is 2.53. The van der Waals surface area contributed by atoms with Crippen molar-refractivity contribution < 1.29 is 4.79 Å². The molecule has 1 saturated heterocycles. The third-order valence-corrected chi connectivity index (χ3v) is 5.52. The Hall–Kier alpha value is -0.260. The molecular weight excluding hydrogens is 282 g/mol. The SMILES string of the molecule is CSCC[C@H](N)C(=O)N1CCN(CC2CCCCC2)CC1. The predicted molar refractivity (Wildman–Crippen MR) is 90.6 cm³/mol. The number of nitrogens with zero attached hydrogens (tertiary/aromatic N) is 2. The largest absolute Gasteiger partial charge is 0.339 e.